The van der Waals surface area contributed by atoms with Crippen LogP contribution in [0.5, 0.6) is 0 Å². The van der Waals surface area contributed by atoms with Crippen molar-refractivity contribution < 1.29 is 0 Å². The molecule has 0 aliphatic heterocycles. The Labute approximate surface area is 99.2 Å². The van der Waals surface area contributed by atoms with E-state index in [1.165, 1.54) is 6.42 Å². The molecule has 0 radical (unpaired) electrons. The van der Waals surface area contributed by atoms with E-state index in [-0.39, 0.29) is 5.54 Å². The summed E-state index contributed by atoms with van der Waals surface area (Å²) >= 11 is 6.18. The summed E-state index contributed by atoms with van der Waals surface area (Å²) in [6, 6.07) is 6.14. The maximum atomic E-state index is 6.37. The van der Waals surface area contributed by atoms with Gasteiger partial charge in [0.2, 0.25) is 0 Å². The summed E-state index contributed by atoms with van der Waals surface area (Å²) in [5, 5.41) is 5.83. The van der Waals surface area contributed by atoms with E-state index in [0.29, 0.717) is 5.15 Å². The molecule has 3 nitrogen and oxygen atoms in total. The molecule has 0 amide bonds. The van der Waals surface area contributed by atoms with Crippen LogP contribution < -0.4 is 5.73 Å². The molecule has 0 atom stereocenters. The highest BCUT2D eigenvalue weighted by Gasteiger charge is 2.36. The van der Waals surface area contributed by atoms with Crippen LogP contribution in [-0.2, 0) is 12.6 Å². The Hall–Kier alpha value is -1.06. The first-order valence-corrected chi connectivity index (χ1v) is 5.90. The predicted molar refractivity (Wildman–Crippen MR) is 65.4 cm³/mol. The van der Waals surface area contributed by atoms with Crippen molar-refractivity contribution in [1.29, 1.82) is 0 Å². The number of nitrogens with two attached hydrogens (primary N) is 1. The van der Waals surface area contributed by atoms with Crippen LogP contribution in [0.15, 0.2) is 18.2 Å². The van der Waals surface area contributed by atoms with Crippen LogP contribution in [0.25, 0.3) is 10.9 Å². The number of aromatic nitrogens is 2. The Kier molecular flexibility index (Phi) is 2.03. The summed E-state index contributed by atoms with van der Waals surface area (Å²) in [6.07, 6.45) is 3.28. The molecule has 1 aliphatic rings. The first-order chi connectivity index (χ1) is 7.62. The SMILES string of the molecule is Cn1nc(Cl)c2c(C3(N)CCC3)cccc21. The van der Waals surface area contributed by atoms with E-state index in [0.717, 1.165) is 29.3 Å². The summed E-state index contributed by atoms with van der Waals surface area (Å²) < 4.78 is 1.81. The Morgan fingerprint density at radius 1 is 1.44 bits per heavy atom. The second kappa shape index (κ2) is 3.22. The van der Waals surface area contributed by atoms with Gasteiger partial charge in [-0.3, -0.25) is 4.68 Å². The predicted octanol–water partition coefficient (Wildman–Crippen LogP) is 2.56. The van der Waals surface area contributed by atoms with Crippen LogP contribution in [0.4, 0.5) is 0 Å². The van der Waals surface area contributed by atoms with Gasteiger partial charge in [0, 0.05) is 18.0 Å². The van der Waals surface area contributed by atoms with Gasteiger partial charge in [0.15, 0.2) is 5.15 Å². The zero-order valence-electron chi connectivity index (χ0n) is 9.20. The summed E-state index contributed by atoms with van der Waals surface area (Å²) in [5.41, 5.74) is 8.39. The summed E-state index contributed by atoms with van der Waals surface area (Å²) in [4.78, 5) is 0. The first-order valence-electron chi connectivity index (χ1n) is 5.52. The first kappa shape index (κ1) is 10.1. The number of hydrogen-bond donors (Lipinski definition) is 1. The van der Waals surface area contributed by atoms with E-state index in [2.05, 4.69) is 11.2 Å². The Morgan fingerprint density at radius 3 is 2.81 bits per heavy atom. The van der Waals surface area contributed by atoms with Gasteiger partial charge >= 0.3 is 0 Å². The fourth-order valence-corrected chi connectivity index (χ4v) is 2.82. The van der Waals surface area contributed by atoms with Crippen LogP contribution >= 0.6 is 11.6 Å². The number of rotatable bonds is 1. The Balaban J connectivity index is 2.32. The molecule has 0 saturated heterocycles. The van der Waals surface area contributed by atoms with Crippen LogP contribution in [-0.4, -0.2) is 9.78 Å². The molecule has 84 valence electrons. The normalized spacial score (nSPS) is 18.7. The number of fused-ring (bicyclic) bond motifs is 1. The third-order valence-corrected chi connectivity index (χ3v) is 3.88. The quantitative estimate of drug-likeness (QED) is 0.826. The van der Waals surface area contributed by atoms with Crippen molar-refractivity contribution >= 4 is 22.5 Å². The van der Waals surface area contributed by atoms with Crippen LogP contribution in [0.1, 0.15) is 24.8 Å². The van der Waals surface area contributed by atoms with Crippen LogP contribution in [0.3, 0.4) is 0 Å². The van der Waals surface area contributed by atoms with Gasteiger partial charge < -0.3 is 5.73 Å². The summed E-state index contributed by atoms with van der Waals surface area (Å²) in [7, 11) is 1.90. The molecule has 1 aliphatic carbocycles. The van der Waals surface area contributed by atoms with Gasteiger partial charge in [0.25, 0.3) is 0 Å². The lowest BCUT2D eigenvalue weighted by atomic mass is 9.72. The minimum absolute atomic E-state index is 0.188. The lowest BCUT2D eigenvalue weighted by Gasteiger charge is -2.39. The van der Waals surface area contributed by atoms with Gasteiger partial charge in [-0.1, -0.05) is 23.7 Å². The molecule has 0 bridgehead atoms. The summed E-state index contributed by atoms with van der Waals surface area (Å²) in [5.74, 6) is 0. The minimum Gasteiger partial charge on any atom is -0.321 e. The molecule has 0 unspecified atom stereocenters. The number of aryl methyl sites for hydroxylation is 1. The molecule has 16 heavy (non-hydrogen) atoms. The lowest BCUT2D eigenvalue weighted by molar-refractivity contribution is 0.256. The lowest BCUT2D eigenvalue weighted by Crippen LogP contribution is -2.43. The Morgan fingerprint density at radius 2 is 2.19 bits per heavy atom. The smallest absolute Gasteiger partial charge is 0.159 e. The van der Waals surface area contributed by atoms with Gasteiger partial charge in [0.05, 0.1) is 5.52 Å². The van der Waals surface area contributed by atoms with E-state index in [1.807, 2.05) is 23.9 Å². The Bertz CT molecular complexity index is 555. The van der Waals surface area contributed by atoms with Gasteiger partial charge in [-0.2, -0.15) is 5.10 Å². The van der Waals surface area contributed by atoms with Crippen LogP contribution in [0, 0.1) is 0 Å². The van der Waals surface area contributed by atoms with Gasteiger partial charge in [-0.15, -0.1) is 0 Å². The van der Waals surface area contributed by atoms with Gasteiger partial charge in [-0.25, -0.2) is 0 Å². The van der Waals surface area contributed by atoms with Crippen LogP contribution in [0.2, 0.25) is 5.15 Å². The van der Waals surface area contributed by atoms with Crippen molar-refractivity contribution in [2.45, 2.75) is 24.8 Å². The summed E-state index contributed by atoms with van der Waals surface area (Å²) in [6.45, 7) is 0. The van der Waals surface area contributed by atoms with E-state index < -0.39 is 0 Å². The van der Waals surface area contributed by atoms with E-state index in [4.69, 9.17) is 17.3 Å². The second-order valence-corrected chi connectivity index (χ2v) is 4.98. The number of halogens is 1. The highest BCUT2D eigenvalue weighted by atomic mass is 35.5. The van der Waals surface area contributed by atoms with Crippen molar-refractivity contribution in [2.75, 3.05) is 0 Å². The van der Waals surface area contributed by atoms with Gasteiger partial charge in [0.1, 0.15) is 0 Å². The fourth-order valence-electron chi connectivity index (χ4n) is 2.50. The van der Waals surface area contributed by atoms with Crippen molar-refractivity contribution in [2.24, 2.45) is 12.8 Å². The topological polar surface area (TPSA) is 43.8 Å². The standard InChI is InChI=1S/C12H14ClN3/c1-16-9-5-2-4-8(10(9)11(13)15-16)12(14)6-3-7-12/h2,4-5H,3,6-7,14H2,1H3. The third kappa shape index (κ3) is 1.22. The van der Waals surface area contributed by atoms with Crippen molar-refractivity contribution in [3.05, 3.63) is 28.9 Å². The monoisotopic (exact) mass is 235 g/mol. The molecular formula is C12H14ClN3. The number of benzene rings is 1. The molecule has 2 N–H and O–H groups in total. The molecule has 0 spiro atoms. The molecule has 4 heteroatoms. The molecule has 1 heterocycles. The van der Waals surface area contributed by atoms with E-state index in [9.17, 15) is 0 Å². The van der Waals surface area contributed by atoms with Gasteiger partial charge in [-0.05, 0) is 30.9 Å². The molecule has 1 aromatic heterocycles. The zero-order valence-corrected chi connectivity index (χ0v) is 9.96. The van der Waals surface area contributed by atoms with Crippen molar-refractivity contribution in [3.63, 3.8) is 0 Å². The zero-order chi connectivity index (χ0) is 11.3. The van der Waals surface area contributed by atoms with E-state index in [1.54, 1.807) is 0 Å². The minimum atomic E-state index is -0.188. The molecule has 1 saturated carbocycles. The average molecular weight is 236 g/mol. The molecule has 1 aromatic carbocycles. The highest BCUT2D eigenvalue weighted by molar-refractivity contribution is 6.34. The van der Waals surface area contributed by atoms with Crippen molar-refractivity contribution in [3.8, 4) is 0 Å². The fraction of sp³-hybridized carbons (Fsp3) is 0.417. The molecule has 3 rings (SSSR count). The highest BCUT2D eigenvalue weighted by Crippen LogP contribution is 2.43. The number of hydrogen-bond acceptors (Lipinski definition) is 2. The average Bonchev–Trinajstić information content (AvgIpc) is 2.52. The third-order valence-electron chi connectivity index (χ3n) is 3.62. The molecule has 2 aromatic rings. The van der Waals surface area contributed by atoms with Crippen molar-refractivity contribution in [1.82, 2.24) is 9.78 Å². The largest absolute Gasteiger partial charge is 0.321 e. The maximum Gasteiger partial charge on any atom is 0.159 e. The molecular weight excluding hydrogens is 222 g/mol. The molecule has 1 fully saturated rings. The number of nitrogens with zero attached hydrogens (tertiary/aromatic N) is 2. The van der Waals surface area contributed by atoms with E-state index >= 15 is 0 Å². The second-order valence-electron chi connectivity index (χ2n) is 4.62. The maximum absolute atomic E-state index is 6.37.